The lowest BCUT2D eigenvalue weighted by atomic mass is 10.1. The number of piperazine rings is 1. The zero-order valence-electron chi connectivity index (χ0n) is 17.3. The Hall–Kier alpha value is -2.23. The minimum Gasteiger partial charge on any atom is -0.459 e. The summed E-state index contributed by atoms with van der Waals surface area (Å²) >= 11 is 0. The molecule has 0 bridgehead atoms. The van der Waals surface area contributed by atoms with Crippen LogP contribution in [0.25, 0.3) is 0 Å². The van der Waals surface area contributed by atoms with Gasteiger partial charge in [-0.15, -0.1) is 24.0 Å². The van der Waals surface area contributed by atoms with Gasteiger partial charge in [0.1, 0.15) is 0 Å². The molecule has 1 aromatic heterocycles. The molecule has 0 saturated carbocycles. The maximum atomic E-state index is 11.9. The Labute approximate surface area is 189 Å². The van der Waals surface area contributed by atoms with Crippen molar-refractivity contribution in [3.63, 3.8) is 0 Å². The summed E-state index contributed by atoms with van der Waals surface area (Å²) in [6, 6.07) is 9.84. The molecule has 0 aliphatic carbocycles. The predicted octanol–water partition coefficient (Wildman–Crippen LogP) is 2.64. The molecule has 3 rings (SSSR count). The first kappa shape index (κ1) is 23.1. The number of hydrogen-bond acceptors (Lipinski definition) is 4. The summed E-state index contributed by atoms with van der Waals surface area (Å²) < 4.78 is 5.08. The number of furan rings is 1. The van der Waals surface area contributed by atoms with E-state index in [4.69, 9.17) is 4.42 Å². The van der Waals surface area contributed by atoms with Crippen molar-refractivity contribution in [3.8, 4) is 0 Å². The first-order valence-corrected chi connectivity index (χ1v) is 9.68. The number of carbonyl (C=O) groups excluding carboxylic acids is 1. The number of guanidine groups is 1. The molecule has 7 nitrogen and oxygen atoms in total. The summed E-state index contributed by atoms with van der Waals surface area (Å²) in [5.41, 5.74) is 4.00. The number of hydrogen-bond donors (Lipinski definition) is 2. The quantitative estimate of drug-likeness (QED) is 0.280. The molecule has 1 amide bonds. The minimum absolute atomic E-state index is 0. The predicted molar refractivity (Wildman–Crippen MR) is 128 cm³/mol. The van der Waals surface area contributed by atoms with Crippen molar-refractivity contribution in [1.82, 2.24) is 15.5 Å². The molecule has 8 heteroatoms. The number of amides is 1. The number of aryl methyl sites for hydroxylation is 1. The van der Waals surface area contributed by atoms with E-state index in [1.807, 2.05) is 0 Å². The van der Waals surface area contributed by atoms with Crippen molar-refractivity contribution < 1.29 is 9.21 Å². The second-order valence-corrected chi connectivity index (χ2v) is 6.90. The summed E-state index contributed by atoms with van der Waals surface area (Å²) in [4.78, 5) is 21.0. The van der Waals surface area contributed by atoms with Crippen molar-refractivity contribution in [2.24, 2.45) is 4.99 Å². The molecule has 158 valence electrons. The Balaban J connectivity index is 0.00000300. The van der Waals surface area contributed by atoms with Crippen LogP contribution >= 0.6 is 24.0 Å². The summed E-state index contributed by atoms with van der Waals surface area (Å²) in [5.74, 6) is 0.990. The molecule has 0 radical (unpaired) electrons. The normalized spacial score (nSPS) is 14.4. The van der Waals surface area contributed by atoms with Crippen LogP contribution in [0.1, 0.15) is 21.7 Å². The van der Waals surface area contributed by atoms with Crippen LogP contribution in [0.2, 0.25) is 0 Å². The molecule has 1 aliphatic rings. The van der Waals surface area contributed by atoms with E-state index in [0.717, 1.165) is 32.1 Å². The third-order valence-corrected chi connectivity index (χ3v) is 5.15. The highest BCUT2D eigenvalue weighted by Gasteiger charge is 2.21. The molecule has 1 fully saturated rings. The molecule has 2 heterocycles. The van der Waals surface area contributed by atoms with Gasteiger partial charge in [-0.05, 0) is 43.2 Å². The van der Waals surface area contributed by atoms with Crippen LogP contribution < -0.4 is 15.5 Å². The number of nitrogens with one attached hydrogen (secondary N) is 2. The highest BCUT2D eigenvalue weighted by atomic mass is 127. The average molecular weight is 511 g/mol. The number of benzene rings is 1. The summed E-state index contributed by atoms with van der Waals surface area (Å²) in [5, 5.41) is 6.16. The topological polar surface area (TPSA) is 73.1 Å². The van der Waals surface area contributed by atoms with Gasteiger partial charge in [0.25, 0.3) is 5.91 Å². The van der Waals surface area contributed by atoms with Crippen molar-refractivity contribution >= 4 is 41.5 Å². The highest BCUT2D eigenvalue weighted by Crippen LogP contribution is 2.23. The van der Waals surface area contributed by atoms with Crippen LogP contribution in [0.15, 0.2) is 46.0 Å². The van der Waals surface area contributed by atoms with Gasteiger partial charge in [-0.3, -0.25) is 9.79 Å². The average Bonchev–Trinajstić information content (AvgIpc) is 3.25. The smallest absolute Gasteiger partial charge is 0.287 e. The molecule has 1 aliphatic heterocycles. The summed E-state index contributed by atoms with van der Waals surface area (Å²) in [6.07, 6.45) is 1.49. The maximum absolute atomic E-state index is 11.9. The zero-order chi connectivity index (χ0) is 19.9. The van der Waals surface area contributed by atoms with Gasteiger partial charge in [0.2, 0.25) is 0 Å². The van der Waals surface area contributed by atoms with Crippen molar-refractivity contribution in [2.45, 2.75) is 13.8 Å². The van der Waals surface area contributed by atoms with E-state index in [1.165, 1.54) is 23.1 Å². The SMILES string of the molecule is CN=C(NCCNC(=O)c1ccco1)N1CCN(c2cccc(C)c2C)CC1.I. The number of anilines is 1. The van der Waals surface area contributed by atoms with E-state index in [-0.39, 0.29) is 29.9 Å². The van der Waals surface area contributed by atoms with Crippen molar-refractivity contribution in [2.75, 3.05) is 51.2 Å². The van der Waals surface area contributed by atoms with Crippen LogP contribution in [-0.2, 0) is 0 Å². The van der Waals surface area contributed by atoms with Crippen LogP contribution in [0.4, 0.5) is 5.69 Å². The Bertz CT molecular complexity index is 814. The summed E-state index contributed by atoms with van der Waals surface area (Å²) in [7, 11) is 1.79. The molecular formula is C21H30IN5O2. The maximum Gasteiger partial charge on any atom is 0.287 e. The van der Waals surface area contributed by atoms with E-state index in [2.05, 4.69) is 57.5 Å². The molecular weight excluding hydrogens is 481 g/mol. The fourth-order valence-electron chi connectivity index (χ4n) is 3.41. The molecule has 0 spiro atoms. The lowest BCUT2D eigenvalue weighted by Gasteiger charge is -2.38. The molecule has 29 heavy (non-hydrogen) atoms. The molecule has 0 atom stereocenters. The first-order chi connectivity index (χ1) is 13.6. The molecule has 0 unspecified atom stereocenters. The lowest BCUT2D eigenvalue weighted by molar-refractivity contribution is 0.0926. The van der Waals surface area contributed by atoms with Crippen LogP contribution in [0.5, 0.6) is 0 Å². The van der Waals surface area contributed by atoms with E-state index < -0.39 is 0 Å². The third kappa shape index (κ3) is 5.88. The van der Waals surface area contributed by atoms with Gasteiger partial charge in [-0.2, -0.15) is 0 Å². The van der Waals surface area contributed by atoms with Gasteiger partial charge >= 0.3 is 0 Å². The first-order valence-electron chi connectivity index (χ1n) is 9.68. The zero-order valence-corrected chi connectivity index (χ0v) is 19.6. The second-order valence-electron chi connectivity index (χ2n) is 6.90. The number of halogens is 1. The van der Waals surface area contributed by atoms with Crippen molar-refractivity contribution in [1.29, 1.82) is 0 Å². The Morgan fingerprint density at radius 2 is 1.79 bits per heavy atom. The van der Waals surface area contributed by atoms with Gasteiger partial charge in [0.15, 0.2) is 11.7 Å². The van der Waals surface area contributed by atoms with E-state index in [0.29, 0.717) is 18.8 Å². The monoisotopic (exact) mass is 511 g/mol. The van der Waals surface area contributed by atoms with Crippen LogP contribution in [-0.4, -0.2) is 63.1 Å². The van der Waals surface area contributed by atoms with Crippen molar-refractivity contribution in [3.05, 3.63) is 53.5 Å². The van der Waals surface area contributed by atoms with Gasteiger partial charge < -0.3 is 24.9 Å². The Morgan fingerprint density at radius 3 is 2.45 bits per heavy atom. The van der Waals surface area contributed by atoms with Crippen LogP contribution in [0.3, 0.4) is 0 Å². The molecule has 1 aromatic carbocycles. The van der Waals surface area contributed by atoms with Crippen LogP contribution in [0, 0.1) is 13.8 Å². The lowest BCUT2D eigenvalue weighted by Crippen LogP contribution is -2.53. The van der Waals surface area contributed by atoms with Gasteiger partial charge in [-0.1, -0.05) is 12.1 Å². The minimum atomic E-state index is -0.205. The van der Waals surface area contributed by atoms with E-state index in [1.54, 1.807) is 19.2 Å². The van der Waals surface area contributed by atoms with E-state index >= 15 is 0 Å². The number of carbonyl (C=O) groups is 1. The summed E-state index contributed by atoms with van der Waals surface area (Å²) in [6.45, 7) is 9.19. The Morgan fingerprint density at radius 1 is 1.07 bits per heavy atom. The molecule has 1 saturated heterocycles. The fraction of sp³-hybridized carbons (Fsp3) is 0.429. The molecule has 2 aromatic rings. The fourth-order valence-corrected chi connectivity index (χ4v) is 3.41. The number of nitrogens with zero attached hydrogens (tertiary/aromatic N) is 3. The van der Waals surface area contributed by atoms with Gasteiger partial charge in [0.05, 0.1) is 6.26 Å². The van der Waals surface area contributed by atoms with Gasteiger partial charge in [-0.25, -0.2) is 0 Å². The second kappa shape index (κ2) is 11.1. The number of rotatable bonds is 5. The number of aliphatic imine (C=N–C) groups is 1. The Kier molecular flexibility index (Phi) is 8.81. The standard InChI is InChI=1S/C21H29N5O2.HI/c1-16-6-4-7-18(17(16)2)25-11-13-26(14-12-25)21(22-3)24-10-9-23-20(27)19-8-5-15-28-19;/h4-8,15H,9-14H2,1-3H3,(H,22,24)(H,23,27);1H. The largest absolute Gasteiger partial charge is 0.459 e. The van der Waals surface area contributed by atoms with E-state index in [9.17, 15) is 4.79 Å². The van der Waals surface area contributed by atoms with Gasteiger partial charge in [0, 0.05) is 52.0 Å². The highest BCUT2D eigenvalue weighted by molar-refractivity contribution is 14.0. The molecule has 2 N–H and O–H groups in total. The third-order valence-electron chi connectivity index (χ3n) is 5.15.